The minimum Gasteiger partial charge on any atom is -0.396 e. The fourth-order valence-corrected chi connectivity index (χ4v) is 2.26. The molecule has 1 aromatic rings. The zero-order valence-electron chi connectivity index (χ0n) is 10.6. The lowest BCUT2D eigenvalue weighted by Crippen LogP contribution is -2.38. The molecule has 1 fully saturated rings. The third-order valence-electron chi connectivity index (χ3n) is 3.23. The largest absolute Gasteiger partial charge is 0.396 e. The van der Waals surface area contributed by atoms with Crippen molar-refractivity contribution in [2.24, 2.45) is 5.92 Å². The van der Waals surface area contributed by atoms with Crippen molar-refractivity contribution >= 4 is 29.1 Å². The number of anilines is 1. The van der Waals surface area contributed by atoms with Crippen LogP contribution in [0.5, 0.6) is 0 Å². The molecule has 7 heteroatoms. The molecule has 1 aromatic carbocycles. The molecule has 1 aliphatic rings. The number of nitrogens with zero attached hydrogens (tertiary/aromatic N) is 1. The van der Waals surface area contributed by atoms with Crippen molar-refractivity contribution in [3.05, 3.63) is 29.0 Å². The van der Waals surface area contributed by atoms with E-state index in [0.717, 1.165) is 0 Å². The lowest BCUT2D eigenvalue weighted by molar-refractivity contribution is -0.142. The Labute approximate surface area is 120 Å². The summed E-state index contributed by atoms with van der Waals surface area (Å²) in [7, 11) is 0. The molecule has 0 bridgehead atoms. The number of carbonyl (C=O) groups is 2. The van der Waals surface area contributed by atoms with Gasteiger partial charge in [-0.05, 0) is 18.6 Å². The van der Waals surface area contributed by atoms with Crippen molar-refractivity contribution in [3.8, 4) is 0 Å². The molecule has 2 N–H and O–H groups in total. The van der Waals surface area contributed by atoms with Crippen LogP contribution in [-0.2, 0) is 9.59 Å². The minimum atomic E-state index is -0.912. The Bertz CT molecular complexity index is 538. The van der Waals surface area contributed by atoms with Crippen molar-refractivity contribution in [1.82, 2.24) is 4.90 Å². The summed E-state index contributed by atoms with van der Waals surface area (Å²) in [6.07, 6.45) is 0.654. The quantitative estimate of drug-likeness (QED) is 0.808. The van der Waals surface area contributed by atoms with E-state index in [9.17, 15) is 14.0 Å². The van der Waals surface area contributed by atoms with Crippen molar-refractivity contribution in [2.45, 2.75) is 6.42 Å². The van der Waals surface area contributed by atoms with Gasteiger partial charge in [-0.1, -0.05) is 17.7 Å². The van der Waals surface area contributed by atoms with Gasteiger partial charge in [-0.3, -0.25) is 9.59 Å². The number of likely N-dealkylation sites (tertiary alicyclic amines) is 1. The van der Waals surface area contributed by atoms with Crippen LogP contribution in [0.3, 0.4) is 0 Å². The van der Waals surface area contributed by atoms with Crippen LogP contribution in [-0.4, -0.2) is 41.5 Å². The van der Waals surface area contributed by atoms with Gasteiger partial charge in [0.2, 0.25) is 0 Å². The standard InChI is InChI=1S/C13H14ClFN2O3/c14-9-2-1-3-10(11(9)15)16-12(19)13(20)17-5-4-8(6-17)7-18/h1-3,8,18H,4-7H2,(H,16,19). The second-order valence-electron chi connectivity index (χ2n) is 4.64. The van der Waals surface area contributed by atoms with Crippen LogP contribution in [0.2, 0.25) is 5.02 Å². The third-order valence-corrected chi connectivity index (χ3v) is 3.52. The molecule has 5 nitrogen and oxygen atoms in total. The summed E-state index contributed by atoms with van der Waals surface area (Å²) in [5.74, 6) is -2.43. The Morgan fingerprint density at radius 3 is 2.90 bits per heavy atom. The number of nitrogens with one attached hydrogen (secondary N) is 1. The van der Waals surface area contributed by atoms with E-state index in [0.29, 0.717) is 19.5 Å². The minimum absolute atomic E-state index is 0.00495. The predicted molar refractivity (Wildman–Crippen MR) is 71.8 cm³/mol. The van der Waals surface area contributed by atoms with E-state index in [2.05, 4.69) is 5.32 Å². The Kier molecular flexibility index (Phi) is 4.57. The monoisotopic (exact) mass is 300 g/mol. The Balaban J connectivity index is 2.01. The van der Waals surface area contributed by atoms with E-state index in [1.165, 1.54) is 23.1 Å². The van der Waals surface area contributed by atoms with Crippen LogP contribution in [0.15, 0.2) is 18.2 Å². The van der Waals surface area contributed by atoms with Gasteiger partial charge in [0.1, 0.15) is 0 Å². The zero-order chi connectivity index (χ0) is 14.7. The van der Waals surface area contributed by atoms with Gasteiger partial charge in [0.25, 0.3) is 0 Å². The molecule has 108 valence electrons. The van der Waals surface area contributed by atoms with Crippen molar-refractivity contribution in [2.75, 3.05) is 25.0 Å². The number of halogens is 2. The average Bonchev–Trinajstić information content (AvgIpc) is 2.91. The molecule has 0 spiro atoms. The van der Waals surface area contributed by atoms with Gasteiger partial charge < -0.3 is 15.3 Å². The molecule has 1 unspecified atom stereocenters. The molecule has 1 heterocycles. The molecule has 0 saturated carbocycles. The maximum absolute atomic E-state index is 13.6. The first-order chi connectivity index (χ1) is 9.52. The first-order valence-corrected chi connectivity index (χ1v) is 6.56. The highest BCUT2D eigenvalue weighted by Gasteiger charge is 2.30. The van der Waals surface area contributed by atoms with E-state index >= 15 is 0 Å². The van der Waals surface area contributed by atoms with Crippen molar-refractivity contribution in [3.63, 3.8) is 0 Å². The highest BCUT2D eigenvalue weighted by atomic mass is 35.5. The van der Waals surface area contributed by atoms with Crippen LogP contribution in [0.25, 0.3) is 0 Å². The number of aliphatic hydroxyl groups is 1. The van der Waals surface area contributed by atoms with Crippen LogP contribution in [0.1, 0.15) is 6.42 Å². The van der Waals surface area contributed by atoms with E-state index in [4.69, 9.17) is 16.7 Å². The third kappa shape index (κ3) is 3.08. The smallest absolute Gasteiger partial charge is 0.313 e. The highest BCUT2D eigenvalue weighted by Crippen LogP contribution is 2.22. The maximum Gasteiger partial charge on any atom is 0.313 e. The average molecular weight is 301 g/mol. The molecule has 1 aliphatic heterocycles. The fraction of sp³-hybridized carbons (Fsp3) is 0.385. The second-order valence-corrected chi connectivity index (χ2v) is 5.05. The van der Waals surface area contributed by atoms with Gasteiger partial charge in [-0.2, -0.15) is 0 Å². The van der Waals surface area contributed by atoms with Crippen molar-refractivity contribution in [1.29, 1.82) is 0 Å². The summed E-state index contributed by atoms with van der Waals surface area (Å²) < 4.78 is 13.6. The van der Waals surface area contributed by atoms with Gasteiger partial charge >= 0.3 is 11.8 Å². The number of aliphatic hydroxyl groups excluding tert-OH is 1. The van der Waals surface area contributed by atoms with Crippen LogP contribution < -0.4 is 5.32 Å². The van der Waals surface area contributed by atoms with Gasteiger partial charge in [-0.25, -0.2) is 4.39 Å². The number of hydrogen-bond acceptors (Lipinski definition) is 3. The summed E-state index contributed by atoms with van der Waals surface area (Å²) in [5.41, 5.74) is -0.131. The topological polar surface area (TPSA) is 69.6 Å². The van der Waals surface area contributed by atoms with Crippen LogP contribution >= 0.6 is 11.6 Å². The number of rotatable bonds is 2. The Hall–Kier alpha value is -1.66. The summed E-state index contributed by atoms with van der Waals surface area (Å²) >= 11 is 5.59. The fourth-order valence-electron chi connectivity index (χ4n) is 2.09. The highest BCUT2D eigenvalue weighted by molar-refractivity contribution is 6.39. The first kappa shape index (κ1) is 14.7. The second kappa shape index (κ2) is 6.19. The van der Waals surface area contributed by atoms with Gasteiger partial charge in [0, 0.05) is 25.6 Å². The van der Waals surface area contributed by atoms with Gasteiger partial charge in [0.05, 0.1) is 10.7 Å². The number of benzene rings is 1. The van der Waals surface area contributed by atoms with Crippen LogP contribution in [0.4, 0.5) is 10.1 Å². The van der Waals surface area contributed by atoms with Crippen molar-refractivity contribution < 1.29 is 19.1 Å². The Morgan fingerprint density at radius 2 is 2.25 bits per heavy atom. The lowest BCUT2D eigenvalue weighted by Gasteiger charge is -2.15. The molecule has 1 atom stereocenters. The van der Waals surface area contributed by atoms with Gasteiger partial charge in [-0.15, -0.1) is 0 Å². The molecule has 0 aromatic heterocycles. The normalized spacial score (nSPS) is 18.1. The van der Waals surface area contributed by atoms with E-state index in [-0.39, 0.29) is 23.2 Å². The van der Waals surface area contributed by atoms with Gasteiger partial charge in [0.15, 0.2) is 5.82 Å². The molecule has 0 aliphatic carbocycles. The summed E-state index contributed by atoms with van der Waals surface area (Å²) in [5, 5.41) is 11.1. The van der Waals surface area contributed by atoms with E-state index in [1.807, 2.05) is 0 Å². The molecule has 0 radical (unpaired) electrons. The number of amides is 2. The molecular weight excluding hydrogens is 287 g/mol. The van der Waals surface area contributed by atoms with E-state index in [1.54, 1.807) is 0 Å². The van der Waals surface area contributed by atoms with Crippen LogP contribution in [0, 0.1) is 11.7 Å². The molecule has 1 saturated heterocycles. The Morgan fingerprint density at radius 1 is 1.50 bits per heavy atom. The first-order valence-electron chi connectivity index (χ1n) is 6.18. The predicted octanol–water partition coefficient (Wildman–Crippen LogP) is 1.26. The zero-order valence-corrected chi connectivity index (χ0v) is 11.4. The molecule has 2 rings (SSSR count). The maximum atomic E-state index is 13.6. The summed E-state index contributed by atoms with van der Waals surface area (Å²) in [6, 6.07) is 4.15. The number of hydrogen-bond donors (Lipinski definition) is 2. The SMILES string of the molecule is O=C(Nc1cccc(Cl)c1F)C(=O)N1CCC(CO)C1. The summed E-state index contributed by atoms with van der Waals surface area (Å²) in [6.45, 7) is 0.727. The lowest BCUT2D eigenvalue weighted by atomic mass is 10.1. The summed E-state index contributed by atoms with van der Waals surface area (Å²) in [4.78, 5) is 25.0. The molecular formula is C13H14ClFN2O3. The molecule has 2 amide bonds. The number of carbonyl (C=O) groups excluding carboxylic acids is 2. The molecule has 20 heavy (non-hydrogen) atoms. The van der Waals surface area contributed by atoms with E-state index < -0.39 is 17.6 Å².